The van der Waals surface area contributed by atoms with Gasteiger partial charge in [-0.1, -0.05) is 0 Å². The molecule has 0 amide bonds. The quantitative estimate of drug-likeness (QED) is 0.0963. The van der Waals surface area contributed by atoms with Crippen LogP contribution in [0.4, 0.5) is 0 Å². The van der Waals surface area contributed by atoms with Crippen molar-refractivity contribution in [2.75, 3.05) is 0 Å². The van der Waals surface area contributed by atoms with E-state index >= 15 is 0 Å². The molecule has 0 unspecified atom stereocenters. The number of hydrogen-bond donors (Lipinski definition) is 0. The number of fused-ring (bicyclic) bond motifs is 6. The van der Waals surface area contributed by atoms with Gasteiger partial charge in [0, 0.05) is 0 Å². The second kappa shape index (κ2) is 17.6. The number of thiocarbonyl (C=S) groups is 1. The maximum atomic E-state index is 7.99. The van der Waals surface area contributed by atoms with E-state index in [0.29, 0.717) is 0 Å². The summed E-state index contributed by atoms with van der Waals surface area (Å²) in [6.07, 6.45) is 14.3. The van der Waals surface area contributed by atoms with Gasteiger partial charge in [0.25, 0.3) is 0 Å². The Morgan fingerprint density at radius 3 is 0.467 bits per heavy atom. The topological polar surface area (TPSA) is 0 Å². The fraction of sp³-hybridized carbons (Fsp3) is 0.584. The summed E-state index contributed by atoms with van der Waals surface area (Å²) in [5.74, 6) is 0.229. The van der Waals surface area contributed by atoms with Gasteiger partial charge in [0.05, 0.1) is 0 Å². The fourth-order valence-electron chi connectivity index (χ4n) is 23.0. The van der Waals surface area contributed by atoms with E-state index in [4.69, 9.17) is 12.2 Å². The SMILES string of the molecule is CC1(C)CCC(C)(C)c2cc3c(cc21)C1c2cc4c(cc2[C]3([Ge]2([C]35c6cc7c(cc6C(c6cc8c(cc63)C(C)(C)CCC8(C)C)c3cc6c(cc35)C(C)(C)CCC6(C)C)C(C)(C)CCC7(C)C)[S][C]2=S)c2cc3c(cc21)C(C)(C)CCC3(C)C)C(C)(C)CCC4(C)C. The van der Waals surface area contributed by atoms with Gasteiger partial charge in [0.15, 0.2) is 0 Å². The van der Waals surface area contributed by atoms with Crippen LogP contribution in [0.15, 0.2) is 72.8 Å². The average Bonchev–Trinajstić information content (AvgIpc) is 1.33. The van der Waals surface area contributed by atoms with Gasteiger partial charge in [-0.3, -0.25) is 0 Å². The summed E-state index contributed by atoms with van der Waals surface area (Å²) in [6.45, 7) is 62.6. The van der Waals surface area contributed by atoms with Gasteiger partial charge in [-0.25, -0.2) is 0 Å². The second-order valence-electron chi connectivity index (χ2n) is 41.0. The average molecular weight is 1320 g/mol. The molecule has 0 saturated carbocycles. The predicted molar refractivity (Wildman–Crippen MR) is 398 cm³/mol. The van der Waals surface area contributed by atoms with Crippen molar-refractivity contribution < 1.29 is 0 Å². The molecule has 19 rings (SSSR count). The van der Waals surface area contributed by atoms with Crippen LogP contribution >= 0.6 is 22.3 Å². The van der Waals surface area contributed by atoms with E-state index in [1.165, 1.54) is 80.1 Å². The molecule has 6 aromatic carbocycles. The summed E-state index contributed by atoms with van der Waals surface area (Å²) in [6, 6.07) is 35.4. The summed E-state index contributed by atoms with van der Waals surface area (Å²) < 4.78 is 0.312. The molecule has 0 atom stereocenters. The first kappa shape index (κ1) is 61.9. The van der Waals surface area contributed by atoms with Crippen LogP contribution in [0.25, 0.3) is 0 Å². The number of rotatable bonds is 2. The summed E-state index contributed by atoms with van der Waals surface area (Å²) in [5.41, 5.74) is 39.2. The van der Waals surface area contributed by atoms with Crippen molar-refractivity contribution in [3.63, 3.8) is 0 Å². The molecule has 1 saturated heterocycles. The normalized spacial score (nSPS) is 31.5. The van der Waals surface area contributed by atoms with Crippen molar-refractivity contribution in [3.05, 3.63) is 206 Å². The molecule has 1 fully saturated rings. The van der Waals surface area contributed by atoms with Crippen molar-refractivity contribution in [3.8, 4) is 0 Å². The molecular weight excluding hydrogens is 1210 g/mol. The van der Waals surface area contributed by atoms with E-state index < -0.39 is 20.6 Å². The zero-order valence-electron chi connectivity index (χ0n) is 61.4. The maximum absolute atomic E-state index is 7.99. The Balaban J connectivity index is 1.16. The van der Waals surface area contributed by atoms with E-state index in [1.807, 2.05) is 0 Å². The van der Waals surface area contributed by atoms with Crippen molar-refractivity contribution in [1.29, 1.82) is 0 Å². The van der Waals surface area contributed by atoms with Crippen LogP contribution < -0.4 is 0 Å². The van der Waals surface area contributed by atoms with Gasteiger partial charge in [0.2, 0.25) is 0 Å². The van der Waals surface area contributed by atoms with Crippen LogP contribution in [0.2, 0.25) is 0 Å². The Morgan fingerprint density at radius 1 is 0.228 bits per heavy atom. The third-order valence-electron chi connectivity index (χ3n) is 30.0. The Kier molecular flexibility index (Phi) is 11.8. The standard InChI is InChI=1S/C89H110GeS2/c1-76(2)25-31-82(13,14)67-43-55-49(37-61(67)76)73-50-38-62-68(83(15,16)32-26-77(62,3)4)44-56(50)88(55,57-45-69-63(39-51(57)73)78(5,6)27-33-84(69,17)18)90(75(91)92-90)89-58-46-70-64(79(7,8)28-34-85(70,19)20)40-52(58)74(53-41-65-71(47-59(53)89)86(21,22)35-29-80(65,9)10)54-42-66-72(48-60(54)89)87(23,24)36-30-81(66,11)12/h37-48,73-74H,25-36H2,1-24H3. The van der Waals surface area contributed by atoms with Crippen LogP contribution in [-0.2, 0) is 73.5 Å². The van der Waals surface area contributed by atoms with Gasteiger partial charge < -0.3 is 0 Å². The van der Waals surface area contributed by atoms with Gasteiger partial charge in [0.1, 0.15) is 0 Å². The van der Waals surface area contributed by atoms with Gasteiger partial charge in [-0.2, -0.15) is 0 Å². The number of benzene rings is 6. The molecule has 0 radical (unpaired) electrons. The summed E-state index contributed by atoms with van der Waals surface area (Å²) in [4.78, 5) is 0. The molecule has 3 heteroatoms. The number of hydrogen-bond acceptors (Lipinski definition) is 2. The van der Waals surface area contributed by atoms with Crippen LogP contribution in [0.3, 0.4) is 0 Å². The molecule has 482 valence electrons. The molecule has 0 nitrogen and oxygen atoms in total. The molecule has 0 aromatic heterocycles. The Labute approximate surface area is 568 Å². The van der Waals surface area contributed by atoms with Gasteiger partial charge in [-0.15, -0.1) is 0 Å². The third-order valence-corrected chi connectivity index (χ3v) is 50.7. The molecule has 6 aromatic rings. The zero-order chi connectivity index (χ0) is 65.8. The van der Waals surface area contributed by atoms with Crippen LogP contribution in [0, 0.1) is 0 Å². The second-order valence-corrected chi connectivity index (χ2v) is 55.3. The van der Waals surface area contributed by atoms with Gasteiger partial charge in [-0.05, 0) is 0 Å². The van der Waals surface area contributed by atoms with Crippen LogP contribution in [-0.4, -0.2) is 15.2 Å². The van der Waals surface area contributed by atoms with E-state index in [9.17, 15) is 0 Å². The monoisotopic (exact) mass is 1320 g/mol. The summed E-state index contributed by atoms with van der Waals surface area (Å²) in [5, 5.41) is 0. The predicted octanol–water partition coefficient (Wildman–Crippen LogP) is 23.4. The van der Waals surface area contributed by atoms with Crippen molar-refractivity contribution in [2.24, 2.45) is 0 Å². The Hall–Kier alpha value is -3.70. The third kappa shape index (κ3) is 7.30. The Morgan fingerprint density at radius 2 is 0.348 bits per heavy atom. The minimum atomic E-state index is -4.61. The molecule has 13 aliphatic rings. The molecule has 0 spiro atoms. The zero-order valence-corrected chi connectivity index (χ0v) is 65.1. The first-order chi connectivity index (χ1) is 42.4. The summed E-state index contributed by atoms with van der Waals surface area (Å²) >= 11 is 3.38. The molecule has 0 N–H and O–H groups in total. The van der Waals surface area contributed by atoms with Crippen LogP contribution in [0.5, 0.6) is 0 Å². The Bertz CT molecular complexity index is 3740. The first-order valence-corrected chi connectivity index (χ1v) is 43.7. The van der Waals surface area contributed by atoms with Gasteiger partial charge >= 0.3 is 572 Å². The molecule has 1 heterocycles. The van der Waals surface area contributed by atoms with E-state index in [1.54, 1.807) is 134 Å². The molecule has 4 bridgehead atoms. The van der Waals surface area contributed by atoms with Crippen molar-refractivity contribution in [1.82, 2.24) is 0 Å². The molecular formula is C89H110GeS2. The van der Waals surface area contributed by atoms with E-state index in [0.717, 1.165) is 0 Å². The van der Waals surface area contributed by atoms with Crippen molar-refractivity contribution >= 4 is 37.5 Å². The molecule has 92 heavy (non-hydrogen) atoms. The first-order valence-electron chi connectivity index (χ1n) is 36.8. The fourth-order valence-corrected chi connectivity index (χ4v) is 48.8. The van der Waals surface area contributed by atoms with Crippen LogP contribution in [0.1, 0.15) is 389 Å². The summed E-state index contributed by atoms with van der Waals surface area (Å²) in [7, 11) is 2.37. The van der Waals surface area contributed by atoms with E-state index in [2.05, 4.69) is 249 Å². The van der Waals surface area contributed by atoms with E-state index in [-0.39, 0.29) is 76.8 Å². The minimum absolute atomic E-state index is 0.00382. The van der Waals surface area contributed by atoms with Crippen molar-refractivity contribution in [2.45, 2.75) is 329 Å². The molecule has 12 aliphatic carbocycles. The molecule has 1 aliphatic heterocycles.